The first-order valence-electron chi connectivity index (χ1n) is 7.60. The molecule has 2 aromatic carbocycles. The Bertz CT molecular complexity index is 878. The summed E-state index contributed by atoms with van der Waals surface area (Å²) < 4.78 is 23.9. The predicted molar refractivity (Wildman–Crippen MR) is 88.0 cm³/mol. The molecule has 3 rings (SSSR count). The zero-order valence-corrected chi connectivity index (χ0v) is 13.5. The molecule has 0 radical (unpaired) electrons. The second-order valence-electron chi connectivity index (χ2n) is 5.54. The summed E-state index contributed by atoms with van der Waals surface area (Å²) in [6, 6.07) is 14.4. The van der Waals surface area contributed by atoms with Gasteiger partial charge in [-0.2, -0.15) is 0 Å². The lowest BCUT2D eigenvalue weighted by Crippen LogP contribution is -2.39. The Labute approximate surface area is 143 Å². The number of nitrogens with zero attached hydrogens (tertiary/aromatic N) is 1. The second-order valence-corrected chi connectivity index (χ2v) is 5.54. The third-order valence-corrected chi connectivity index (χ3v) is 3.83. The average molecular weight is 341 g/mol. The molecule has 0 amide bonds. The van der Waals surface area contributed by atoms with Gasteiger partial charge in [0.25, 0.3) is 0 Å². The molecule has 0 unspecified atom stereocenters. The Hall–Kier alpha value is -2.99. The quantitative estimate of drug-likeness (QED) is 0.722. The first-order valence-corrected chi connectivity index (χ1v) is 7.60. The zero-order chi connectivity index (χ0) is 17.9. The Kier molecular flexibility index (Phi) is 4.63. The van der Waals surface area contributed by atoms with Crippen LogP contribution in [0, 0.1) is 5.82 Å². The summed E-state index contributed by atoms with van der Waals surface area (Å²) in [4.78, 5) is 16.3. The average Bonchev–Trinajstić information content (AvgIpc) is 3.10. The highest BCUT2D eigenvalue weighted by Gasteiger charge is 2.41. The van der Waals surface area contributed by atoms with Gasteiger partial charge in [-0.3, -0.25) is 0 Å². The number of oxazole rings is 1. The van der Waals surface area contributed by atoms with Crippen molar-refractivity contribution < 1.29 is 23.4 Å². The van der Waals surface area contributed by atoms with Gasteiger partial charge < -0.3 is 14.3 Å². The highest BCUT2D eigenvalue weighted by molar-refractivity contribution is 5.81. The van der Waals surface area contributed by atoms with Crippen LogP contribution in [0.4, 0.5) is 4.39 Å². The Balaban J connectivity index is 1.94. The number of methoxy groups -OCH3 is 1. The third kappa shape index (κ3) is 3.44. The summed E-state index contributed by atoms with van der Waals surface area (Å²) in [6.07, 6.45) is 1.19. The van der Waals surface area contributed by atoms with Gasteiger partial charge in [-0.1, -0.05) is 30.3 Å². The monoisotopic (exact) mass is 341 g/mol. The van der Waals surface area contributed by atoms with Crippen LogP contribution in [-0.4, -0.2) is 23.2 Å². The minimum Gasteiger partial charge on any atom is -0.467 e. The lowest BCUT2D eigenvalue weighted by molar-refractivity contribution is -0.164. The molecule has 1 N–H and O–H groups in total. The van der Waals surface area contributed by atoms with E-state index < -0.39 is 17.4 Å². The number of rotatable bonds is 5. The van der Waals surface area contributed by atoms with Crippen molar-refractivity contribution in [1.82, 2.24) is 4.98 Å². The number of carbonyl (C=O) groups excluding carboxylic acids is 1. The van der Waals surface area contributed by atoms with E-state index in [2.05, 4.69) is 4.98 Å². The molecule has 25 heavy (non-hydrogen) atoms. The molecule has 0 aliphatic heterocycles. The van der Waals surface area contributed by atoms with Crippen LogP contribution in [0.1, 0.15) is 11.3 Å². The van der Waals surface area contributed by atoms with Gasteiger partial charge in [-0.05, 0) is 29.8 Å². The number of aliphatic hydroxyl groups is 1. The maximum absolute atomic E-state index is 13.5. The standard InChI is InChI=1S/C19H16FNO4/c1-24-18(22)19(23,14-8-5-9-15(20)10-14)11-16-12-21-17(25-16)13-6-3-2-4-7-13/h2-10,12,23H,11H2,1H3/t19-/m0/s1. The molecule has 0 fully saturated rings. The van der Waals surface area contributed by atoms with Crippen LogP contribution in [0.5, 0.6) is 0 Å². The third-order valence-electron chi connectivity index (χ3n) is 3.83. The minimum atomic E-state index is -2.08. The van der Waals surface area contributed by atoms with Crippen LogP contribution >= 0.6 is 0 Å². The van der Waals surface area contributed by atoms with E-state index in [1.165, 1.54) is 24.4 Å². The SMILES string of the molecule is COC(=O)[C@](O)(Cc1cnc(-c2ccccc2)o1)c1cccc(F)c1. The van der Waals surface area contributed by atoms with Gasteiger partial charge in [0.05, 0.1) is 19.7 Å². The van der Waals surface area contributed by atoms with Gasteiger partial charge in [0.2, 0.25) is 5.89 Å². The number of hydrogen-bond acceptors (Lipinski definition) is 5. The van der Waals surface area contributed by atoms with Crippen LogP contribution in [0.2, 0.25) is 0 Å². The van der Waals surface area contributed by atoms with Crippen LogP contribution in [0.15, 0.2) is 65.2 Å². The zero-order valence-electron chi connectivity index (χ0n) is 13.5. The van der Waals surface area contributed by atoms with Crippen molar-refractivity contribution >= 4 is 5.97 Å². The smallest absolute Gasteiger partial charge is 0.343 e. The van der Waals surface area contributed by atoms with E-state index in [1.54, 1.807) is 0 Å². The highest BCUT2D eigenvalue weighted by atomic mass is 19.1. The summed E-state index contributed by atoms with van der Waals surface area (Å²) in [5, 5.41) is 10.9. The molecule has 0 aliphatic rings. The van der Waals surface area contributed by atoms with Crippen LogP contribution < -0.4 is 0 Å². The molecular weight excluding hydrogens is 325 g/mol. The first-order chi connectivity index (χ1) is 12.0. The molecule has 3 aromatic rings. The molecule has 0 aliphatic carbocycles. The maximum Gasteiger partial charge on any atom is 0.343 e. The maximum atomic E-state index is 13.5. The van der Waals surface area contributed by atoms with Crippen molar-refractivity contribution in [3.63, 3.8) is 0 Å². The fourth-order valence-corrected chi connectivity index (χ4v) is 2.56. The predicted octanol–water partition coefficient (Wildman–Crippen LogP) is 3.08. The summed E-state index contributed by atoms with van der Waals surface area (Å²) in [6.45, 7) is 0. The molecule has 1 atom stereocenters. The number of aromatic nitrogens is 1. The van der Waals surface area contributed by atoms with Crippen molar-refractivity contribution in [2.45, 2.75) is 12.0 Å². The Morgan fingerprint density at radius 1 is 1.24 bits per heavy atom. The number of benzene rings is 2. The molecule has 1 aromatic heterocycles. The summed E-state index contributed by atoms with van der Waals surface area (Å²) >= 11 is 0. The summed E-state index contributed by atoms with van der Waals surface area (Å²) in [5.41, 5.74) is -1.23. The molecule has 1 heterocycles. The van der Waals surface area contributed by atoms with Crippen molar-refractivity contribution in [2.24, 2.45) is 0 Å². The van der Waals surface area contributed by atoms with E-state index in [1.807, 2.05) is 30.3 Å². The van der Waals surface area contributed by atoms with Crippen LogP contribution in [-0.2, 0) is 21.6 Å². The van der Waals surface area contributed by atoms with Gasteiger partial charge in [0.1, 0.15) is 11.6 Å². The number of ether oxygens (including phenoxy) is 1. The largest absolute Gasteiger partial charge is 0.467 e. The lowest BCUT2D eigenvalue weighted by Gasteiger charge is -2.24. The minimum absolute atomic E-state index is 0.0806. The van der Waals surface area contributed by atoms with Crippen molar-refractivity contribution in [3.8, 4) is 11.5 Å². The molecule has 5 nitrogen and oxygen atoms in total. The van der Waals surface area contributed by atoms with Gasteiger partial charge in [-0.25, -0.2) is 14.2 Å². The Morgan fingerprint density at radius 2 is 2.00 bits per heavy atom. The lowest BCUT2D eigenvalue weighted by atomic mass is 9.89. The molecule has 0 saturated carbocycles. The molecule has 6 heteroatoms. The summed E-state index contributed by atoms with van der Waals surface area (Å²) in [5.74, 6) is -0.837. The van der Waals surface area contributed by atoms with Gasteiger partial charge in [-0.15, -0.1) is 0 Å². The van der Waals surface area contributed by atoms with Crippen LogP contribution in [0.25, 0.3) is 11.5 Å². The topological polar surface area (TPSA) is 72.6 Å². The molecule has 0 spiro atoms. The van der Waals surface area contributed by atoms with E-state index in [-0.39, 0.29) is 17.7 Å². The highest BCUT2D eigenvalue weighted by Crippen LogP contribution is 2.29. The van der Waals surface area contributed by atoms with E-state index in [4.69, 9.17) is 9.15 Å². The van der Waals surface area contributed by atoms with Gasteiger partial charge in [0, 0.05) is 5.56 Å². The Morgan fingerprint density at radius 3 is 2.68 bits per heavy atom. The number of halogens is 1. The normalized spacial score (nSPS) is 13.2. The van der Waals surface area contributed by atoms with E-state index in [0.29, 0.717) is 5.89 Å². The van der Waals surface area contributed by atoms with Gasteiger partial charge >= 0.3 is 5.97 Å². The molecule has 128 valence electrons. The molecule has 0 bridgehead atoms. The number of esters is 1. The van der Waals surface area contributed by atoms with Crippen molar-refractivity contribution in [1.29, 1.82) is 0 Å². The van der Waals surface area contributed by atoms with E-state index >= 15 is 0 Å². The van der Waals surface area contributed by atoms with Crippen LogP contribution in [0.3, 0.4) is 0 Å². The fourth-order valence-electron chi connectivity index (χ4n) is 2.56. The second kappa shape index (κ2) is 6.86. The molecular formula is C19H16FNO4. The van der Waals surface area contributed by atoms with Crippen molar-refractivity contribution in [2.75, 3.05) is 7.11 Å². The van der Waals surface area contributed by atoms with Gasteiger partial charge in [0.15, 0.2) is 5.60 Å². The fraction of sp³-hybridized carbons (Fsp3) is 0.158. The number of hydrogen-bond donors (Lipinski definition) is 1. The number of carbonyl (C=O) groups is 1. The first kappa shape index (κ1) is 16.9. The molecule has 0 saturated heterocycles. The van der Waals surface area contributed by atoms with E-state index in [0.717, 1.165) is 18.7 Å². The summed E-state index contributed by atoms with van der Waals surface area (Å²) in [7, 11) is 1.16. The van der Waals surface area contributed by atoms with E-state index in [9.17, 15) is 14.3 Å². The van der Waals surface area contributed by atoms with Crippen molar-refractivity contribution in [3.05, 3.63) is 77.9 Å².